The zero-order chi connectivity index (χ0) is 11.6. The minimum absolute atomic E-state index is 0.337. The summed E-state index contributed by atoms with van der Waals surface area (Å²) in [6.45, 7) is -0.524. The zero-order valence-electron chi connectivity index (χ0n) is 7.89. The lowest BCUT2D eigenvalue weighted by molar-refractivity contribution is -0.248. The van der Waals surface area contributed by atoms with Crippen LogP contribution in [-0.4, -0.2) is 63.6 Å². The predicted molar refractivity (Wildman–Crippen MR) is 49.6 cm³/mol. The third-order valence-corrected chi connectivity index (χ3v) is 2.17. The van der Waals surface area contributed by atoms with Crippen molar-refractivity contribution in [1.82, 2.24) is 0 Å². The molecule has 88 valence electrons. The van der Waals surface area contributed by atoms with Gasteiger partial charge in [-0.3, -0.25) is 0 Å². The molecule has 0 radical (unpaired) electrons. The zero-order valence-corrected chi connectivity index (χ0v) is 7.89. The Labute approximate surface area is 85.8 Å². The van der Waals surface area contributed by atoms with Gasteiger partial charge in [-0.2, -0.15) is 0 Å². The van der Waals surface area contributed by atoms with Crippen molar-refractivity contribution >= 4 is 5.96 Å². The fraction of sp³-hybridized carbons (Fsp3) is 0.857. The summed E-state index contributed by atoms with van der Waals surface area (Å²) in [4.78, 5) is 3.52. The van der Waals surface area contributed by atoms with Gasteiger partial charge >= 0.3 is 0 Å². The van der Waals surface area contributed by atoms with E-state index in [-0.39, 0.29) is 5.96 Å². The number of hydrogen-bond acceptors (Lipinski definition) is 6. The fourth-order valence-electron chi connectivity index (χ4n) is 1.39. The average molecular weight is 221 g/mol. The molecule has 1 fully saturated rings. The van der Waals surface area contributed by atoms with Crippen molar-refractivity contribution in [1.29, 1.82) is 0 Å². The Hall–Kier alpha value is -0.930. The lowest BCUT2D eigenvalue weighted by Gasteiger charge is -2.38. The number of nitrogens with two attached hydrogens (primary N) is 2. The molecule has 1 unspecified atom stereocenters. The van der Waals surface area contributed by atoms with Crippen LogP contribution in [0.2, 0.25) is 0 Å². The summed E-state index contributed by atoms with van der Waals surface area (Å²) >= 11 is 0. The third kappa shape index (κ3) is 2.55. The minimum Gasteiger partial charge on any atom is -0.394 e. The average Bonchev–Trinajstić information content (AvgIpc) is 2.18. The Morgan fingerprint density at radius 2 is 1.80 bits per heavy atom. The van der Waals surface area contributed by atoms with Gasteiger partial charge in [-0.1, -0.05) is 0 Å². The van der Waals surface area contributed by atoms with Crippen molar-refractivity contribution in [3.8, 4) is 0 Å². The third-order valence-electron chi connectivity index (χ3n) is 2.17. The maximum Gasteiger partial charge on any atom is 0.186 e. The SMILES string of the molecule is NC(N)=N[C@H]1C(O)O[C@H](CO)[C@@H](O)[C@@H]1O. The molecule has 5 atom stereocenters. The van der Waals surface area contributed by atoms with Crippen LogP contribution in [0.1, 0.15) is 0 Å². The molecule has 0 saturated carbocycles. The Morgan fingerprint density at radius 1 is 1.20 bits per heavy atom. The molecule has 8 nitrogen and oxygen atoms in total. The number of rotatable bonds is 2. The molecular formula is C7H15N3O5. The van der Waals surface area contributed by atoms with Gasteiger partial charge in [0.1, 0.15) is 24.4 Å². The lowest BCUT2D eigenvalue weighted by Crippen LogP contribution is -2.58. The van der Waals surface area contributed by atoms with E-state index in [9.17, 15) is 15.3 Å². The van der Waals surface area contributed by atoms with E-state index in [1.54, 1.807) is 0 Å². The van der Waals surface area contributed by atoms with Crippen LogP contribution in [0.25, 0.3) is 0 Å². The van der Waals surface area contributed by atoms with E-state index < -0.39 is 37.3 Å². The van der Waals surface area contributed by atoms with Crippen LogP contribution in [0.3, 0.4) is 0 Å². The number of guanidine groups is 1. The Morgan fingerprint density at radius 3 is 2.27 bits per heavy atom. The molecule has 0 aliphatic carbocycles. The first-order valence-corrected chi connectivity index (χ1v) is 4.36. The molecule has 15 heavy (non-hydrogen) atoms. The Bertz CT molecular complexity index is 245. The number of hydrogen-bond donors (Lipinski definition) is 6. The molecule has 1 rings (SSSR count). The van der Waals surface area contributed by atoms with E-state index in [4.69, 9.17) is 21.3 Å². The first-order chi connectivity index (χ1) is 6.97. The van der Waals surface area contributed by atoms with E-state index in [1.165, 1.54) is 0 Å². The van der Waals surface area contributed by atoms with Crippen LogP contribution in [0.4, 0.5) is 0 Å². The van der Waals surface area contributed by atoms with Crippen molar-refractivity contribution in [2.45, 2.75) is 30.6 Å². The second-order valence-corrected chi connectivity index (χ2v) is 3.27. The van der Waals surface area contributed by atoms with Crippen LogP contribution in [0.5, 0.6) is 0 Å². The van der Waals surface area contributed by atoms with Gasteiger partial charge in [-0.25, -0.2) is 4.99 Å². The summed E-state index contributed by atoms with van der Waals surface area (Å²) < 4.78 is 4.81. The maximum absolute atomic E-state index is 9.54. The van der Waals surface area contributed by atoms with Gasteiger partial charge in [-0.05, 0) is 0 Å². The summed E-state index contributed by atoms with van der Waals surface area (Å²) in [6.07, 6.45) is -5.28. The molecule has 0 bridgehead atoms. The van der Waals surface area contributed by atoms with Crippen LogP contribution in [-0.2, 0) is 4.74 Å². The minimum atomic E-state index is -1.47. The number of aliphatic hydroxyl groups excluding tert-OH is 4. The number of aliphatic imine (C=N–C) groups is 1. The molecule has 1 saturated heterocycles. The highest BCUT2D eigenvalue weighted by molar-refractivity contribution is 5.75. The second-order valence-electron chi connectivity index (χ2n) is 3.27. The predicted octanol–water partition coefficient (Wildman–Crippen LogP) is -3.94. The van der Waals surface area contributed by atoms with Gasteiger partial charge in [0.2, 0.25) is 0 Å². The lowest BCUT2D eigenvalue weighted by atomic mass is 9.98. The van der Waals surface area contributed by atoms with Gasteiger partial charge in [-0.15, -0.1) is 0 Å². The van der Waals surface area contributed by atoms with E-state index >= 15 is 0 Å². The molecular weight excluding hydrogens is 206 g/mol. The normalized spacial score (nSPS) is 41.2. The Balaban J connectivity index is 2.79. The van der Waals surface area contributed by atoms with E-state index in [1.807, 2.05) is 0 Å². The van der Waals surface area contributed by atoms with E-state index in [2.05, 4.69) is 4.99 Å². The largest absolute Gasteiger partial charge is 0.394 e. The molecule has 8 N–H and O–H groups in total. The second kappa shape index (κ2) is 4.73. The van der Waals surface area contributed by atoms with Gasteiger partial charge < -0.3 is 36.6 Å². The standard InChI is InChI=1S/C7H15N3O5/c8-7(9)10-3-5(13)4(12)2(1-11)15-6(3)14/h2-6,11-14H,1H2,(H4,8,9,10)/t2-,3-,4-,5-,6?/m1/s1. The highest BCUT2D eigenvalue weighted by atomic mass is 16.6. The Kier molecular flexibility index (Phi) is 3.83. The smallest absolute Gasteiger partial charge is 0.186 e. The van der Waals surface area contributed by atoms with Crippen molar-refractivity contribution in [2.24, 2.45) is 16.5 Å². The highest BCUT2D eigenvalue weighted by Gasteiger charge is 2.43. The topological polar surface area (TPSA) is 155 Å². The fourth-order valence-corrected chi connectivity index (χ4v) is 1.39. The molecule has 0 amide bonds. The summed E-state index contributed by atoms with van der Waals surface area (Å²) in [6, 6.07) is -1.16. The van der Waals surface area contributed by atoms with Crippen molar-refractivity contribution < 1.29 is 25.2 Å². The van der Waals surface area contributed by atoms with Crippen molar-refractivity contribution in [3.63, 3.8) is 0 Å². The van der Waals surface area contributed by atoms with Gasteiger partial charge in [0.25, 0.3) is 0 Å². The van der Waals surface area contributed by atoms with Crippen LogP contribution in [0, 0.1) is 0 Å². The first-order valence-electron chi connectivity index (χ1n) is 4.36. The van der Waals surface area contributed by atoms with Gasteiger partial charge in [0.15, 0.2) is 12.2 Å². The molecule has 8 heteroatoms. The molecule has 0 spiro atoms. The van der Waals surface area contributed by atoms with Gasteiger partial charge in [0, 0.05) is 0 Å². The van der Waals surface area contributed by atoms with Crippen molar-refractivity contribution in [3.05, 3.63) is 0 Å². The molecule has 1 aliphatic heterocycles. The summed E-state index contributed by atoms with van der Waals surface area (Å²) in [7, 11) is 0. The van der Waals surface area contributed by atoms with E-state index in [0.29, 0.717) is 0 Å². The summed E-state index contributed by atoms with van der Waals surface area (Å²) in [5.74, 6) is -0.337. The molecule has 1 heterocycles. The monoisotopic (exact) mass is 221 g/mol. The molecule has 0 aromatic carbocycles. The van der Waals surface area contributed by atoms with Crippen LogP contribution in [0.15, 0.2) is 4.99 Å². The first kappa shape index (κ1) is 12.1. The molecule has 0 aromatic heterocycles. The number of ether oxygens (including phenoxy) is 1. The highest BCUT2D eigenvalue weighted by Crippen LogP contribution is 2.21. The number of aliphatic hydroxyl groups is 4. The van der Waals surface area contributed by atoms with Crippen LogP contribution < -0.4 is 11.5 Å². The molecule has 0 aromatic rings. The number of nitrogens with zero attached hydrogens (tertiary/aromatic N) is 1. The van der Waals surface area contributed by atoms with Gasteiger partial charge in [0.05, 0.1) is 6.61 Å². The molecule has 1 aliphatic rings. The maximum atomic E-state index is 9.54. The summed E-state index contributed by atoms with van der Waals surface area (Å²) in [5, 5.41) is 37.1. The quantitative estimate of drug-likeness (QED) is 0.205. The van der Waals surface area contributed by atoms with Crippen molar-refractivity contribution in [2.75, 3.05) is 6.61 Å². The summed E-state index contributed by atoms with van der Waals surface area (Å²) in [5.41, 5.74) is 10.2. The van der Waals surface area contributed by atoms with Crippen LogP contribution >= 0.6 is 0 Å². The van der Waals surface area contributed by atoms with E-state index in [0.717, 1.165) is 0 Å².